The predicted octanol–water partition coefficient (Wildman–Crippen LogP) is 4.21. The van der Waals surface area contributed by atoms with Gasteiger partial charge in [0.25, 0.3) is 11.8 Å². The van der Waals surface area contributed by atoms with E-state index in [0.717, 1.165) is 11.1 Å². The number of rotatable bonds is 5. The highest BCUT2D eigenvalue weighted by atomic mass is 16.5. The van der Waals surface area contributed by atoms with Gasteiger partial charge in [0.1, 0.15) is 17.1 Å². The molecule has 142 valence electrons. The van der Waals surface area contributed by atoms with Crippen molar-refractivity contribution in [3.63, 3.8) is 0 Å². The first-order valence-corrected chi connectivity index (χ1v) is 8.77. The lowest BCUT2D eigenvalue weighted by atomic mass is 10.1. The van der Waals surface area contributed by atoms with Crippen LogP contribution in [0.1, 0.15) is 32.1 Å². The molecule has 3 rings (SSSR count). The minimum atomic E-state index is -0.408. The topological polar surface area (TPSA) is 80.3 Å². The van der Waals surface area contributed by atoms with Crippen LogP contribution in [-0.4, -0.2) is 23.9 Å². The summed E-state index contributed by atoms with van der Waals surface area (Å²) in [6, 6.07) is 17.5. The van der Waals surface area contributed by atoms with Gasteiger partial charge in [0.2, 0.25) is 0 Å². The second-order valence-electron chi connectivity index (χ2n) is 6.37. The largest absolute Gasteiger partial charge is 0.497 e. The molecule has 0 fully saturated rings. The molecule has 0 bridgehead atoms. The van der Waals surface area contributed by atoms with Crippen LogP contribution in [0.25, 0.3) is 0 Å². The Balaban J connectivity index is 1.75. The Morgan fingerprint density at radius 1 is 0.857 bits per heavy atom. The summed E-state index contributed by atoms with van der Waals surface area (Å²) in [5.41, 5.74) is 3.68. The number of hydrogen-bond donors (Lipinski definition) is 2. The molecular formula is C22H21N3O3. The Morgan fingerprint density at radius 3 is 2.21 bits per heavy atom. The molecule has 6 nitrogen and oxygen atoms in total. The molecule has 0 saturated carbocycles. The van der Waals surface area contributed by atoms with Gasteiger partial charge >= 0.3 is 0 Å². The van der Waals surface area contributed by atoms with Crippen LogP contribution in [0.3, 0.4) is 0 Å². The maximum Gasteiger partial charge on any atom is 0.274 e. The Bertz CT molecular complexity index is 1030. The molecule has 0 aliphatic rings. The number of ether oxygens (including phenoxy) is 1. The van der Waals surface area contributed by atoms with Crippen LogP contribution >= 0.6 is 0 Å². The quantitative estimate of drug-likeness (QED) is 0.700. The molecule has 0 aliphatic heterocycles. The number of nitrogens with zero attached hydrogens (tertiary/aromatic N) is 1. The highest BCUT2D eigenvalue weighted by molar-refractivity contribution is 6.06. The number of nitrogens with one attached hydrogen (secondary N) is 2. The predicted molar refractivity (Wildman–Crippen MR) is 109 cm³/mol. The first-order chi connectivity index (χ1) is 13.5. The number of benzene rings is 2. The zero-order valence-electron chi connectivity index (χ0n) is 15.9. The van der Waals surface area contributed by atoms with Gasteiger partial charge in [0.05, 0.1) is 7.11 Å². The number of aryl methyl sites for hydroxylation is 2. The number of hydrogen-bond acceptors (Lipinski definition) is 4. The number of amides is 2. The van der Waals surface area contributed by atoms with E-state index in [1.54, 1.807) is 49.6 Å². The lowest BCUT2D eigenvalue weighted by molar-refractivity contribution is 0.101. The molecule has 2 N–H and O–H groups in total. The fourth-order valence-corrected chi connectivity index (χ4v) is 2.72. The van der Waals surface area contributed by atoms with Gasteiger partial charge in [-0.05, 0) is 49.7 Å². The minimum absolute atomic E-state index is 0.149. The molecule has 0 unspecified atom stereocenters. The SMILES string of the molecule is COc1cccc(NC(=O)c2cccc(C(=O)Nc3ccc(C)cc3C)n2)c1. The minimum Gasteiger partial charge on any atom is -0.497 e. The lowest BCUT2D eigenvalue weighted by Gasteiger charge is -2.10. The summed E-state index contributed by atoms with van der Waals surface area (Å²) < 4.78 is 5.15. The van der Waals surface area contributed by atoms with E-state index in [2.05, 4.69) is 15.6 Å². The number of methoxy groups -OCH3 is 1. The van der Waals surface area contributed by atoms with Gasteiger partial charge in [-0.25, -0.2) is 4.98 Å². The second kappa shape index (κ2) is 8.35. The monoisotopic (exact) mass is 375 g/mol. The van der Waals surface area contributed by atoms with Crippen molar-refractivity contribution in [2.75, 3.05) is 17.7 Å². The van der Waals surface area contributed by atoms with Gasteiger partial charge in [-0.3, -0.25) is 9.59 Å². The summed E-state index contributed by atoms with van der Waals surface area (Å²) in [4.78, 5) is 29.2. The smallest absolute Gasteiger partial charge is 0.274 e. The molecule has 0 atom stereocenters. The molecule has 28 heavy (non-hydrogen) atoms. The molecule has 3 aromatic rings. The first-order valence-electron chi connectivity index (χ1n) is 8.77. The number of anilines is 2. The lowest BCUT2D eigenvalue weighted by Crippen LogP contribution is -2.18. The van der Waals surface area contributed by atoms with Crippen LogP contribution in [0.4, 0.5) is 11.4 Å². The molecule has 6 heteroatoms. The Kier molecular flexibility index (Phi) is 5.69. The molecule has 0 aliphatic carbocycles. The normalized spacial score (nSPS) is 10.2. The molecule has 0 radical (unpaired) electrons. The summed E-state index contributed by atoms with van der Waals surface area (Å²) in [5, 5.41) is 5.59. The van der Waals surface area contributed by atoms with Gasteiger partial charge in [0.15, 0.2) is 0 Å². The first kappa shape index (κ1) is 19.1. The standard InChI is InChI=1S/C22H21N3O3/c1-14-10-11-18(15(2)12-14)25-22(27)20-9-5-8-19(24-20)21(26)23-16-6-4-7-17(13-16)28-3/h4-13H,1-3H3,(H,23,26)(H,25,27). The Morgan fingerprint density at radius 2 is 1.54 bits per heavy atom. The zero-order chi connectivity index (χ0) is 20.1. The van der Waals surface area contributed by atoms with Crippen LogP contribution in [0.15, 0.2) is 60.7 Å². The third kappa shape index (κ3) is 4.54. The van der Waals surface area contributed by atoms with Crippen LogP contribution < -0.4 is 15.4 Å². The summed E-state index contributed by atoms with van der Waals surface area (Å²) in [7, 11) is 1.56. The van der Waals surface area contributed by atoms with Crippen molar-refractivity contribution in [3.05, 3.63) is 83.2 Å². The maximum absolute atomic E-state index is 12.5. The van der Waals surface area contributed by atoms with Gasteiger partial charge in [0, 0.05) is 17.4 Å². The van der Waals surface area contributed by atoms with E-state index in [-0.39, 0.29) is 17.3 Å². The van der Waals surface area contributed by atoms with Crippen molar-refractivity contribution in [2.45, 2.75) is 13.8 Å². The zero-order valence-corrected chi connectivity index (χ0v) is 15.9. The summed E-state index contributed by atoms with van der Waals surface area (Å²) in [5.74, 6) is -0.148. The highest BCUT2D eigenvalue weighted by Crippen LogP contribution is 2.18. The van der Waals surface area contributed by atoms with Crippen molar-refractivity contribution >= 4 is 23.2 Å². The number of carbonyl (C=O) groups excluding carboxylic acids is 2. The average molecular weight is 375 g/mol. The Labute approximate surface area is 163 Å². The molecule has 0 saturated heterocycles. The van der Waals surface area contributed by atoms with Crippen molar-refractivity contribution in [1.82, 2.24) is 4.98 Å². The summed E-state index contributed by atoms with van der Waals surface area (Å²) >= 11 is 0. The fraction of sp³-hybridized carbons (Fsp3) is 0.136. The average Bonchev–Trinajstić information content (AvgIpc) is 2.70. The van der Waals surface area contributed by atoms with E-state index >= 15 is 0 Å². The fourth-order valence-electron chi connectivity index (χ4n) is 2.72. The van der Waals surface area contributed by atoms with Crippen molar-refractivity contribution in [3.8, 4) is 5.75 Å². The van der Waals surface area contributed by atoms with E-state index in [1.165, 1.54) is 0 Å². The molecule has 1 aromatic heterocycles. The van der Waals surface area contributed by atoms with E-state index in [0.29, 0.717) is 17.1 Å². The van der Waals surface area contributed by atoms with E-state index in [9.17, 15) is 9.59 Å². The molecular weight excluding hydrogens is 354 g/mol. The maximum atomic E-state index is 12.5. The van der Waals surface area contributed by atoms with Gasteiger partial charge < -0.3 is 15.4 Å². The third-order valence-corrected chi connectivity index (χ3v) is 4.17. The van der Waals surface area contributed by atoms with E-state index < -0.39 is 5.91 Å². The van der Waals surface area contributed by atoms with Crippen molar-refractivity contribution in [1.29, 1.82) is 0 Å². The Hall–Kier alpha value is -3.67. The van der Waals surface area contributed by atoms with E-state index in [1.807, 2.05) is 32.0 Å². The van der Waals surface area contributed by atoms with Crippen LogP contribution in [0.2, 0.25) is 0 Å². The van der Waals surface area contributed by atoms with Crippen molar-refractivity contribution < 1.29 is 14.3 Å². The van der Waals surface area contributed by atoms with Gasteiger partial charge in [-0.15, -0.1) is 0 Å². The second-order valence-corrected chi connectivity index (χ2v) is 6.37. The van der Waals surface area contributed by atoms with Gasteiger partial charge in [-0.2, -0.15) is 0 Å². The number of aromatic nitrogens is 1. The summed E-state index contributed by atoms with van der Waals surface area (Å²) in [6.45, 7) is 3.92. The van der Waals surface area contributed by atoms with E-state index in [4.69, 9.17) is 4.74 Å². The van der Waals surface area contributed by atoms with Gasteiger partial charge in [-0.1, -0.05) is 29.8 Å². The summed E-state index contributed by atoms with van der Waals surface area (Å²) in [6.07, 6.45) is 0. The molecule has 2 amide bonds. The highest BCUT2D eigenvalue weighted by Gasteiger charge is 2.14. The molecule has 2 aromatic carbocycles. The van der Waals surface area contributed by atoms with Crippen LogP contribution in [0.5, 0.6) is 5.75 Å². The van der Waals surface area contributed by atoms with Crippen molar-refractivity contribution in [2.24, 2.45) is 0 Å². The number of carbonyl (C=O) groups is 2. The molecule has 1 heterocycles. The van der Waals surface area contributed by atoms with Crippen LogP contribution in [0, 0.1) is 13.8 Å². The molecule has 0 spiro atoms. The number of pyridine rings is 1. The van der Waals surface area contributed by atoms with Crippen LogP contribution in [-0.2, 0) is 0 Å². The third-order valence-electron chi connectivity index (χ3n) is 4.17.